The van der Waals surface area contributed by atoms with Gasteiger partial charge in [0.1, 0.15) is 6.20 Å². The Morgan fingerprint density at radius 1 is 1.50 bits per heavy atom. The van der Waals surface area contributed by atoms with Gasteiger partial charge in [-0.05, 0) is 36.0 Å². The largest absolute Gasteiger partial charge is 0.396 e. The van der Waals surface area contributed by atoms with E-state index in [1.54, 1.807) is 0 Å². The van der Waals surface area contributed by atoms with Crippen molar-refractivity contribution in [3.8, 4) is 0 Å². The van der Waals surface area contributed by atoms with Gasteiger partial charge >= 0.3 is 5.00 Å². The van der Waals surface area contributed by atoms with E-state index in [1.807, 2.05) is 0 Å². The summed E-state index contributed by atoms with van der Waals surface area (Å²) in [5.41, 5.74) is 0. The van der Waals surface area contributed by atoms with Crippen molar-refractivity contribution in [2.75, 3.05) is 18.5 Å². The number of nitro groups is 1. The first-order valence-electron chi connectivity index (χ1n) is 6.15. The van der Waals surface area contributed by atoms with E-state index in [4.69, 9.17) is 0 Å². The van der Waals surface area contributed by atoms with E-state index in [2.05, 4.69) is 10.3 Å². The van der Waals surface area contributed by atoms with E-state index >= 15 is 0 Å². The average molecular weight is 271 g/mol. The molecular weight excluding hydrogens is 254 g/mol. The minimum Gasteiger partial charge on any atom is -0.396 e. The number of aliphatic hydroxyl groups excluding tert-OH is 1. The number of hydrogen-bond acceptors (Lipinski definition) is 6. The average Bonchev–Trinajstić information content (AvgIpc) is 2.85. The summed E-state index contributed by atoms with van der Waals surface area (Å²) < 4.78 is 0. The molecule has 6 nitrogen and oxygen atoms in total. The lowest BCUT2D eigenvalue weighted by Crippen LogP contribution is -2.28. The fourth-order valence-electron chi connectivity index (χ4n) is 2.44. The third kappa shape index (κ3) is 3.17. The van der Waals surface area contributed by atoms with Crippen molar-refractivity contribution >= 4 is 21.5 Å². The summed E-state index contributed by atoms with van der Waals surface area (Å²) in [4.78, 5) is 14.1. The zero-order valence-electron chi connectivity index (χ0n) is 10.0. The van der Waals surface area contributed by atoms with Crippen LogP contribution in [-0.4, -0.2) is 28.2 Å². The number of anilines is 1. The highest BCUT2D eigenvalue weighted by Gasteiger charge is 2.24. The molecule has 2 N–H and O–H groups in total. The monoisotopic (exact) mass is 271 g/mol. The molecule has 1 aliphatic rings. The molecule has 0 spiro atoms. The van der Waals surface area contributed by atoms with Gasteiger partial charge in [-0.2, -0.15) is 0 Å². The SMILES string of the molecule is O=[N+]([O-])c1cnc(NCC2CCCCC2CO)s1. The highest BCUT2D eigenvalue weighted by atomic mass is 32.1. The molecule has 0 aliphatic heterocycles. The second-order valence-electron chi connectivity index (χ2n) is 4.63. The van der Waals surface area contributed by atoms with Crippen LogP contribution in [0.25, 0.3) is 0 Å². The van der Waals surface area contributed by atoms with Crippen LogP contribution in [0.3, 0.4) is 0 Å². The van der Waals surface area contributed by atoms with Gasteiger partial charge in [0.2, 0.25) is 0 Å². The topological polar surface area (TPSA) is 88.3 Å². The molecule has 1 heterocycles. The van der Waals surface area contributed by atoms with E-state index in [0.717, 1.165) is 30.7 Å². The van der Waals surface area contributed by atoms with Crippen molar-refractivity contribution in [3.63, 3.8) is 0 Å². The van der Waals surface area contributed by atoms with Gasteiger partial charge in [-0.25, -0.2) is 4.98 Å². The Bertz CT molecular complexity index is 410. The minimum absolute atomic E-state index is 0.0554. The molecule has 2 rings (SSSR count). The Hall–Kier alpha value is -1.21. The van der Waals surface area contributed by atoms with E-state index in [-0.39, 0.29) is 11.6 Å². The third-order valence-electron chi connectivity index (χ3n) is 3.49. The third-order valence-corrected chi connectivity index (χ3v) is 4.40. The Labute approximate surface area is 109 Å². The normalized spacial score (nSPS) is 23.8. The zero-order chi connectivity index (χ0) is 13.0. The van der Waals surface area contributed by atoms with Crippen LogP contribution in [0.2, 0.25) is 0 Å². The van der Waals surface area contributed by atoms with Crippen LogP contribution < -0.4 is 5.32 Å². The van der Waals surface area contributed by atoms with Crippen LogP contribution >= 0.6 is 11.3 Å². The van der Waals surface area contributed by atoms with Crippen LogP contribution in [0.4, 0.5) is 10.1 Å². The summed E-state index contributed by atoms with van der Waals surface area (Å²) in [6, 6.07) is 0. The molecule has 1 saturated carbocycles. The maximum Gasteiger partial charge on any atom is 0.345 e. The van der Waals surface area contributed by atoms with Crippen LogP contribution in [-0.2, 0) is 0 Å². The Kier molecular flexibility index (Phi) is 4.48. The van der Waals surface area contributed by atoms with Gasteiger partial charge in [-0.15, -0.1) is 0 Å². The van der Waals surface area contributed by atoms with Gasteiger partial charge in [-0.1, -0.05) is 12.8 Å². The zero-order valence-corrected chi connectivity index (χ0v) is 10.9. The van der Waals surface area contributed by atoms with Crippen molar-refractivity contribution in [2.45, 2.75) is 25.7 Å². The van der Waals surface area contributed by atoms with Crippen molar-refractivity contribution in [1.82, 2.24) is 4.98 Å². The molecule has 0 amide bonds. The van der Waals surface area contributed by atoms with Crippen molar-refractivity contribution in [3.05, 3.63) is 16.3 Å². The number of nitrogens with zero attached hydrogens (tertiary/aromatic N) is 2. The molecule has 0 bridgehead atoms. The maximum atomic E-state index is 10.5. The van der Waals surface area contributed by atoms with Gasteiger partial charge in [-0.3, -0.25) is 10.1 Å². The quantitative estimate of drug-likeness (QED) is 0.633. The molecule has 1 aromatic rings. The molecular formula is C11H17N3O3S. The van der Waals surface area contributed by atoms with Crippen LogP contribution in [0.1, 0.15) is 25.7 Å². The molecule has 1 fully saturated rings. The first-order valence-corrected chi connectivity index (χ1v) is 6.97. The summed E-state index contributed by atoms with van der Waals surface area (Å²) in [6.07, 6.45) is 5.83. The first kappa shape index (κ1) is 13.2. The smallest absolute Gasteiger partial charge is 0.345 e. The summed E-state index contributed by atoms with van der Waals surface area (Å²) in [6.45, 7) is 0.959. The molecule has 100 valence electrons. The van der Waals surface area contributed by atoms with Crippen LogP contribution in [0.15, 0.2) is 6.20 Å². The number of nitrogens with one attached hydrogen (secondary N) is 1. The molecule has 1 aliphatic carbocycles. The van der Waals surface area contributed by atoms with Gasteiger partial charge in [0.15, 0.2) is 5.13 Å². The number of hydrogen-bond donors (Lipinski definition) is 2. The maximum absolute atomic E-state index is 10.5. The van der Waals surface area contributed by atoms with Gasteiger partial charge in [0.25, 0.3) is 0 Å². The van der Waals surface area contributed by atoms with Crippen LogP contribution in [0.5, 0.6) is 0 Å². The standard InChI is InChI=1S/C11H17N3O3S/c15-7-9-4-2-1-3-8(9)5-12-11-13-6-10(18-11)14(16)17/h6,8-9,15H,1-5,7H2,(H,12,13). The number of aromatic nitrogens is 1. The first-order chi connectivity index (χ1) is 8.70. The summed E-state index contributed by atoms with van der Waals surface area (Å²) >= 11 is 1.05. The van der Waals surface area contributed by atoms with Gasteiger partial charge in [0, 0.05) is 13.2 Å². The molecule has 1 aromatic heterocycles. The Balaban J connectivity index is 1.87. The minimum atomic E-state index is -0.431. The molecule has 18 heavy (non-hydrogen) atoms. The van der Waals surface area contributed by atoms with E-state index in [9.17, 15) is 15.2 Å². The Morgan fingerprint density at radius 2 is 2.22 bits per heavy atom. The molecule has 0 aromatic carbocycles. The number of aliphatic hydroxyl groups is 1. The van der Waals surface area contributed by atoms with Crippen molar-refractivity contribution in [1.29, 1.82) is 0 Å². The fourth-order valence-corrected chi connectivity index (χ4v) is 3.08. The second-order valence-corrected chi connectivity index (χ2v) is 5.64. The summed E-state index contributed by atoms with van der Waals surface area (Å²) in [5, 5.41) is 23.6. The van der Waals surface area contributed by atoms with Gasteiger partial charge < -0.3 is 10.4 Å². The highest BCUT2D eigenvalue weighted by molar-refractivity contribution is 7.18. The second kappa shape index (κ2) is 6.10. The highest BCUT2D eigenvalue weighted by Crippen LogP contribution is 2.31. The molecule has 0 saturated heterocycles. The fraction of sp³-hybridized carbons (Fsp3) is 0.727. The van der Waals surface area contributed by atoms with Crippen LogP contribution in [0, 0.1) is 22.0 Å². The lowest BCUT2D eigenvalue weighted by Gasteiger charge is -2.30. The van der Waals surface area contributed by atoms with Crippen molar-refractivity contribution < 1.29 is 10.0 Å². The van der Waals surface area contributed by atoms with E-state index in [1.165, 1.54) is 19.0 Å². The lowest BCUT2D eigenvalue weighted by molar-refractivity contribution is -0.380. The number of rotatable bonds is 5. The van der Waals surface area contributed by atoms with Crippen molar-refractivity contribution in [2.24, 2.45) is 11.8 Å². The van der Waals surface area contributed by atoms with E-state index in [0.29, 0.717) is 17.0 Å². The molecule has 7 heteroatoms. The molecule has 2 atom stereocenters. The lowest BCUT2D eigenvalue weighted by atomic mass is 9.80. The van der Waals surface area contributed by atoms with Gasteiger partial charge in [0.05, 0.1) is 4.92 Å². The summed E-state index contributed by atoms with van der Waals surface area (Å²) in [7, 11) is 0. The molecule has 2 unspecified atom stereocenters. The predicted octanol–water partition coefficient (Wildman–Crippen LogP) is 2.26. The van der Waals surface area contributed by atoms with E-state index < -0.39 is 4.92 Å². The molecule has 0 radical (unpaired) electrons. The number of thiazole rings is 1. The summed E-state index contributed by atoms with van der Waals surface area (Å²) in [5.74, 6) is 0.785. The predicted molar refractivity (Wildman–Crippen MR) is 69.8 cm³/mol. The Morgan fingerprint density at radius 3 is 2.83 bits per heavy atom.